The van der Waals surface area contributed by atoms with Gasteiger partial charge in [-0.3, -0.25) is 14.5 Å². The molecule has 2 atom stereocenters. The standard InChI is InChI=1S/C19H26BrN3O4/c1-19(26,13-22-6-8-27-9-7-22)12-21-18(25)14-10-17(24)23(11-14)16-5-3-2-4-15(16)20/h2-5,14,26H,6-13H2,1H3,(H,21,25)/t14-,19-/m1/s1. The Morgan fingerprint density at radius 3 is 2.78 bits per heavy atom. The van der Waals surface area contributed by atoms with Crippen molar-refractivity contribution in [2.45, 2.75) is 18.9 Å². The van der Waals surface area contributed by atoms with E-state index in [1.54, 1.807) is 11.8 Å². The van der Waals surface area contributed by atoms with E-state index in [-0.39, 0.29) is 24.8 Å². The van der Waals surface area contributed by atoms with Gasteiger partial charge in [-0.2, -0.15) is 0 Å². The van der Waals surface area contributed by atoms with Gasteiger partial charge in [-0.05, 0) is 35.0 Å². The molecule has 1 aromatic rings. The average Bonchev–Trinajstić information content (AvgIpc) is 3.02. The highest BCUT2D eigenvalue weighted by molar-refractivity contribution is 9.10. The van der Waals surface area contributed by atoms with Crippen LogP contribution in [0.15, 0.2) is 28.7 Å². The molecule has 27 heavy (non-hydrogen) atoms. The third kappa shape index (κ3) is 5.28. The Morgan fingerprint density at radius 2 is 2.07 bits per heavy atom. The topological polar surface area (TPSA) is 82.1 Å². The Hall–Kier alpha value is -1.48. The van der Waals surface area contributed by atoms with Crippen LogP contribution in [0.2, 0.25) is 0 Å². The van der Waals surface area contributed by atoms with Crippen molar-refractivity contribution in [3.63, 3.8) is 0 Å². The lowest BCUT2D eigenvalue weighted by molar-refractivity contribution is -0.127. The number of rotatable bonds is 6. The van der Waals surface area contributed by atoms with Crippen molar-refractivity contribution in [1.82, 2.24) is 10.2 Å². The van der Waals surface area contributed by atoms with Crippen LogP contribution in [0.5, 0.6) is 0 Å². The molecule has 0 unspecified atom stereocenters. The fourth-order valence-corrected chi connectivity index (χ4v) is 4.00. The van der Waals surface area contributed by atoms with Crippen LogP contribution in [-0.2, 0) is 14.3 Å². The van der Waals surface area contributed by atoms with Gasteiger partial charge in [-0.25, -0.2) is 0 Å². The summed E-state index contributed by atoms with van der Waals surface area (Å²) in [7, 11) is 0. The van der Waals surface area contributed by atoms with E-state index in [2.05, 4.69) is 26.1 Å². The highest BCUT2D eigenvalue weighted by Crippen LogP contribution is 2.31. The second-order valence-corrected chi connectivity index (χ2v) is 8.31. The molecule has 0 aromatic heterocycles. The van der Waals surface area contributed by atoms with Gasteiger partial charge in [-0.15, -0.1) is 0 Å². The Bertz CT molecular complexity index is 691. The summed E-state index contributed by atoms with van der Waals surface area (Å²) in [4.78, 5) is 28.7. The van der Waals surface area contributed by atoms with Gasteiger partial charge in [0.25, 0.3) is 0 Å². The molecule has 3 rings (SSSR count). The van der Waals surface area contributed by atoms with E-state index in [0.29, 0.717) is 26.3 Å². The second-order valence-electron chi connectivity index (χ2n) is 7.46. The van der Waals surface area contributed by atoms with E-state index in [4.69, 9.17) is 4.74 Å². The van der Waals surface area contributed by atoms with Gasteiger partial charge in [-0.1, -0.05) is 12.1 Å². The number of carbonyl (C=O) groups is 2. The molecule has 7 nitrogen and oxygen atoms in total. The summed E-state index contributed by atoms with van der Waals surface area (Å²) in [5, 5.41) is 13.4. The summed E-state index contributed by atoms with van der Waals surface area (Å²) >= 11 is 3.45. The van der Waals surface area contributed by atoms with Crippen molar-refractivity contribution in [1.29, 1.82) is 0 Å². The number of nitrogens with one attached hydrogen (secondary N) is 1. The molecule has 8 heteroatoms. The number of anilines is 1. The molecule has 2 N–H and O–H groups in total. The van der Waals surface area contributed by atoms with Crippen LogP contribution in [0.4, 0.5) is 5.69 Å². The van der Waals surface area contributed by atoms with Crippen LogP contribution in [-0.4, -0.2) is 73.4 Å². The highest BCUT2D eigenvalue weighted by atomic mass is 79.9. The number of para-hydroxylation sites is 1. The number of morpholine rings is 1. The van der Waals surface area contributed by atoms with Gasteiger partial charge in [0.05, 0.1) is 30.4 Å². The minimum Gasteiger partial charge on any atom is -0.387 e. The first-order chi connectivity index (χ1) is 12.9. The molecule has 148 valence electrons. The normalized spacial score (nSPS) is 23.3. The van der Waals surface area contributed by atoms with Gasteiger partial charge in [0, 0.05) is 43.6 Å². The zero-order chi connectivity index (χ0) is 19.4. The number of hydrogen-bond donors (Lipinski definition) is 2. The van der Waals surface area contributed by atoms with Crippen LogP contribution in [0, 0.1) is 5.92 Å². The van der Waals surface area contributed by atoms with Gasteiger partial charge >= 0.3 is 0 Å². The molecule has 0 bridgehead atoms. The summed E-state index contributed by atoms with van der Waals surface area (Å²) in [6.45, 7) is 5.58. The number of hydrogen-bond acceptors (Lipinski definition) is 5. The summed E-state index contributed by atoms with van der Waals surface area (Å²) in [5.41, 5.74) is -0.255. The minimum atomic E-state index is -1.03. The smallest absolute Gasteiger partial charge is 0.227 e. The average molecular weight is 440 g/mol. The van der Waals surface area contributed by atoms with Crippen molar-refractivity contribution < 1.29 is 19.4 Å². The lowest BCUT2D eigenvalue weighted by atomic mass is 10.0. The third-order valence-electron chi connectivity index (χ3n) is 4.95. The predicted molar refractivity (Wildman–Crippen MR) is 105 cm³/mol. The molecular formula is C19H26BrN3O4. The van der Waals surface area contributed by atoms with E-state index >= 15 is 0 Å². The maximum absolute atomic E-state index is 12.5. The Labute approximate surface area is 167 Å². The largest absolute Gasteiger partial charge is 0.387 e. The minimum absolute atomic E-state index is 0.0675. The van der Waals surface area contributed by atoms with E-state index in [0.717, 1.165) is 23.2 Å². The lowest BCUT2D eigenvalue weighted by Crippen LogP contribution is -2.52. The number of nitrogens with zero attached hydrogens (tertiary/aromatic N) is 2. The molecule has 0 radical (unpaired) electrons. The first-order valence-corrected chi connectivity index (χ1v) is 10.0. The third-order valence-corrected chi connectivity index (χ3v) is 5.62. The Kier molecular flexibility index (Phi) is 6.52. The van der Waals surface area contributed by atoms with Crippen molar-refractivity contribution in [2.24, 2.45) is 5.92 Å². The van der Waals surface area contributed by atoms with Gasteiger partial charge < -0.3 is 20.1 Å². The maximum atomic E-state index is 12.5. The Balaban J connectivity index is 1.52. The zero-order valence-corrected chi connectivity index (χ0v) is 17.1. The SMILES string of the molecule is C[C@@](O)(CNC(=O)[C@@H]1CC(=O)N(c2ccccc2Br)C1)CN1CCOCC1. The predicted octanol–water partition coefficient (Wildman–Crippen LogP) is 1.00. The van der Waals surface area contributed by atoms with Crippen LogP contribution in [0.25, 0.3) is 0 Å². The zero-order valence-electron chi connectivity index (χ0n) is 15.5. The fraction of sp³-hybridized carbons (Fsp3) is 0.579. The number of amides is 2. The number of ether oxygens (including phenoxy) is 1. The summed E-state index contributed by atoms with van der Waals surface area (Å²) in [6, 6.07) is 7.48. The molecule has 2 fully saturated rings. The van der Waals surface area contributed by atoms with Gasteiger partial charge in [0.1, 0.15) is 0 Å². The number of aliphatic hydroxyl groups is 1. The van der Waals surface area contributed by atoms with E-state index in [9.17, 15) is 14.7 Å². The molecule has 2 amide bonds. The van der Waals surface area contributed by atoms with Gasteiger partial charge in [0.15, 0.2) is 0 Å². The van der Waals surface area contributed by atoms with Crippen LogP contribution >= 0.6 is 15.9 Å². The fourth-order valence-electron chi connectivity index (χ4n) is 3.51. The summed E-state index contributed by atoms with van der Waals surface area (Å²) < 4.78 is 6.14. The Morgan fingerprint density at radius 1 is 1.37 bits per heavy atom. The number of benzene rings is 1. The monoisotopic (exact) mass is 439 g/mol. The summed E-state index contributed by atoms with van der Waals surface area (Å²) in [5.74, 6) is -0.675. The van der Waals surface area contributed by atoms with Crippen molar-refractivity contribution in [2.75, 3.05) is 50.8 Å². The quantitative estimate of drug-likeness (QED) is 0.690. The number of halogens is 1. The molecule has 2 saturated heterocycles. The molecule has 2 aliphatic rings. The lowest BCUT2D eigenvalue weighted by Gasteiger charge is -2.34. The molecule has 0 saturated carbocycles. The first kappa shape index (κ1) is 20.3. The molecular weight excluding hydrogens is 414 g/mol. The van der Waals surface area contributed by atoms with Crippen molar-refractivity contribution in [3.05, 3.63) is 28.7 Å². The number of β-amino-alcohol motifs (C(OH)–C–C–N with tert-alkyl or cyclic N) is 1. The molecule has 2 heterocycles. The summed E-state index contributed by atoms with van der Waals surface area (Å²) in [6.07, 6.45) is 0.179. The van der Waals surface area contributed by atoms with E-state index in [1.165, 1.54) is 0 Å². The molecule has 2 aliphatic heterocycles. The molecule has 0 aliphatic carbocycles. The van der Waals surface area contributed by atoms with E-state index < -0.39 is 11.5 Å². The van der Waals surface area contributed by atoms with Crippen LogP contribution in [0.1, 0.15) is 13.3 Å². The molecule has 1 aromatic carbocycles. The van der Waals surface area contributed by atoms with Crippen LogP contribution in [0.3, 0.4) is 0 Å². The second kappa shape index (κ2) is 8.68. The first-order valence-electron chi connectivity index (χ1n) is 9.21. The van der Waals surface area contributed by atoms with Gasteiger partial charge in [0.2, 0.25) is 11.8 Å². The maximum Gasteiger partial charge on any atom is 0.227 e. The van der Waals surface area contributed by atoms with Crippen molar-refractivity contribution in [3.8, 4) is 0 Å². The van der Waals surface area contributed by atoms with Crippen molar-refractivity contribution >= 4 is 33.4 Å². The van der Waals surface area contributed by atoms with Crippen LogP contribution < -0.4 is 10.2 Å². The van der Waals surface area contributed by atoms with E-state index in [1.807, 2.05) is 24.3 Å². The molecule has 0 spiro atoms. The number of carbonyl (C=O) groups excluding carboxylic acids is 2. The highest BCUT2D eigenvalue weighted by Gasteiger charge is 2.36.